The second kappa shape index (κ2) is 6.46. The van der Waals surface area contributed by atoms with Gasteiger partial charge < -0.3 is 10.2 Å². The third kappa shape index (κ3) is 4.00. The molecule has 2 rings (SSSR count). The van der Waals surface area contributed by atoms with Crippen molar-refractivity contribution in [3.8, 4) is 0 Å². The summed E-state index contributed by atoms with van der Waals surface area (Å²) in [4.78, 5) is 5.35. The molecule has 2 aromatic rings. The Morgan fingerprint density at radius 3 is 2.89 bits per heavy atom. The van der Waals surface area contributed by atoms with E-state index in [1.54, 1.807) is 6.26 Å². The quantitative estimate of drug-likeness (QED) is 0.903. The normalized spacial score (nSPS) is 12.6. The molecule has 1 aromatic carbocycles. The number of benzene rings is 1. The average Bonchev–Trinajstić information content (AvgIpc) is 2.78. The summed E-state index contributed by atoms with van der Waals surface area (Å²) in [5, 5.41) is 1.34. The van der Waals surface area contributed by atoms with Gasteiger partial charge in [-0.15, -0.1) is 0 Å². The van der Waals surface area contributed by atoms with Crippen molar-refractivity contribution in [3.63, 3.8) is 0 Å². The summed E-state index contributed by atoms with van der Waals surface area (Å²) in [5.41, 5.74) is 8.08. The van der Waals surface area contributed by atoms with Crippen LogP contribution in [0.3, 0.4) is 0 Å². The Morgan fingerprint density at radius 1 is 1.47 bits per heavy atom. The first-order valence-corrected chi connectivity index (χ1v) is 7.42. The first-order valence-electron chi connectivity index (χ1n) is 6.22. The molecular formula is C14H17ClN2OS. The van der Waals surface area contributed by atoms with E-state index >= 15 is 0 Å². The van der Waals surface area contributed by atoms with Crippen LogP contribution >= 0.6 is 23.4 Å². The summed E-state index contributed by atoms with van der Waals surface area (Å²) in [6, 6.07) is 6.01. The highest BCUT2D eigenvalue weighted by molar-refractivity contribution is 7.99. The van der Waals surface area contributed by atoms with E-state index in [0.717, 1.165) is 23.4 Å². The summed E-state index contributed by atoms with van der Waals surface area (Å²) < 4.78 is 5.37. The molecule has 3 nitrogen and oxygen atoms in total. The van der Waals surface area contributed by atoms with Crippen molar-refractivity contribution in [2.75, 3.05) is 0 Å². The Morgan fingerprint density at radius 2 is 2.26 bits per heavy atom. The maximum atomic E-state index is 6.06. The third-order valence-electron chi connectivity index (χ3n) is 2.83. The minimum atomic E-state index is 0.159. The number of nitrogens with two attached hydrogens (primary N) is 1. The zero-order valence-electron chi connectivity index (χ0n) is 11.0. The molecule has 0 aliphatic heterocycles. The van der Waals surface area contributed by atoms with E-state index in [-0.39, 0.29) is 6.04 Å². The molecule has 0 saturated carbocycles. The molecule has 0 fully saturated rings. The minimum Gasteiger partial charge on any atom is -0.439 e. The molecule has 19 heavy (non-hydrogen) atoms. The molecule has 1 heterocycles. The predicted octanol–water partition coefficient (Wildman–Crippen LogP) is 4.07. The Hall–Kier alpha value is -0.970. The van der Waals surface area contributed by atoms with Gasteiger partial charge in [-0.1, -0.05) is 24.6 Å². The Kier molecular flexibility index (Phi) is 4.91. The van der Waals surface area contributed by atoms with Crippen LogP contribution in [0.2, 0.25) is 5.02 Å². The molecule has 102 valence electrons. The number of nitrogens with zero attached hydrogens (tertiary/aromatic N) is 1. The van der Waals surface area contributed by atoms with Crippen LogP contribution in [0.25, 0.3) is 0 Å². The van der Waals surface area contributed by atoms with Gasteiger partial charge in [0.05, 0.1) is 5.69 Å². The van der Waals surface area contributed by atoms with Crippen LogP contribution in [0.5, 0.6) is 0 Å². The van der Waals surface area contributed by atoms with E-state index in [0.29, 0.717) is 10.2 Å². The summed E-state index contributed by atoms with van der Waals surface area (Å²) in [5.74, 6) is 0. The molecule has 1 unspecified atom stereocenters. The molecule has 1 aromatic heterocycles. The van der Waals surface area contributed by atoms with Gasteiger partial charge in [-0.3, -0.25) is 0 Å². The molecular weight excluding hydrogens is 280 g/mol. The first kappa shape index (κ1) is 14.4. The SMILES string of the molecule is CCC(N)Cc1ccc(Cl)cc1Sc1nc(C)co1. The molecule has 0 radical (unpaired) electrons. The van der Waals surface area contributed by atoms with Gasteiger partial charge in [0.2, 0.25) is 0 Å². The van der Waals surface area contributed by atoms with Gasteiger partial charge in [0.15, 0.2) is 0 Å². The zero-order valence-corrected chi connectivity index (χ0v) is 12.6. The van der Waals surface area contributed by atoms with E-state index in [1.165, 1.54) is 17.3 Å². The van der Waals surface area contributed by atoms with Crippen LogP contribution < -0.4 is 5.73 Å². The van der Waals surface area contributed by atoms with Crippen molar-refractivity contribution in [1.82, 2.24) is 4.98 Å². The van der Waals surface area contributed by atoms with Crippen molar-refractivity contribution < 1.29 is 4.42 Å². The maximum Gasteiger partial charge on any atom is 0.260 e. The van der Waals surface area contributed by atoms with Gasteiger partial charge in [-0.25, -0.2) is 4.98 Å². The van der Waals surface area contributed by atoms with Crippen LogP contribution in [0, 0.1) is 6.92 Å². The van der Waals surface area contributed by atoms with E-state index in [2.05, 4.69) is 11.9 Å². The third-order valence-corrected chi connectivity index (χ3v) is 4.03. The molecule has 0 amide bonds. The lowest BCUT2D eigenvalue weighted by Crippen LogP contribution is -2.21. The number of aromatic nitrogens is 1. The largest absolute Gasteiger partial charge is 0.439 e. The van der Waals surface area contributed by atoms with Crippen molar-refractivity contribution in [2.24, 2.45) is 5.73 Å². The van der Waals surface area contributed by atoms with Crippen LogP contribution in [0.1, 0.15) is 24.6 Å². The van der Waals surface area contributed by atoms with Gasteiger partial charge in [0.1, 0.15) is 6.26 Å². The zero-order chi connectivity index (χ0) is 13.8. The molecule has 0 aliphatic carbocycles. The minimum absolute atomic E-state index is 0.159. The lowest BCUT2D eigenvalue weighted by Gasteiger charge is -2.12. The maximum absolute atomic E-state index is 6.06. The van der Waals surface area contributed by atoms with E-state index in [9.17, 15) is 0 Å². The molecule has 0 spiro atoms. The topological polar surface area (TPSA) is 52.0 Å². The second-order valence-electron chi connectivity index (χ2n) is 4.48. The number of rotatable bonds is 5. The fraction of sp³-hybridized carbons (Fsp3) is 0.357. The van der Waals surface area contributed by atoms with Crippen molar-refractivity contribution >= 4 is 23.4 Å². The van der Waals surface area contributed by atoms with Gasteiger partial charge in [-0.2, -0.15) is 0 Å². The predicted molar refractivity (Wildman–Crippen MR) is 78.8 cm³/mol. The summed E-state index contributed by atoms with van der Waals surface area (Å²) in [6.07, 6.45) is 3.42. The van der Waals surface area contributed by atoms with Crippen molar-refractivity contribution in [3.05, 3.63) is 40.7 Å². The summed E-state index contributed by atoms with van der Waals surface area (Å²) in [7, 11) is 0. The molecule has 5 heteroatoms. The molecule has 0 aliphatic rings. The molecule has 0 saturated heterocycles. The van der Waals surface area contributed by atoms with Gasteiger partial charge in [0, 0.05) is 16.0 Å². The summed E-state index contributed by atoms with van der Waals surface area (Å²) in [6.45, 7) is 3.99. The van der Waals surface area contributed by atoms with E-state index in [1.807, 2.05) is 25.1 Å². The Balaban J connectivity index is 2.24. The van der Waals surface area contributed by atoms with Gasteiger partial charge >= 0.3 is 0 Å². The smallest absolute Gasteiger partial charge is 0.260 e. The van der Waals surface area contributed by atoms with Crippen LogP contribution in [-0.2, 0) is 6.42 Å². The lowest BCUT2D eigenvalue weighted by atomic mass is 10.1. The van der Waals surface area contributed by atoms with E-state index in [4.69, 9.17) is 21.8 Å². The molecule has 1 atom stereocenters. The Bertz CT molecular complexity index is 556. The number of aryl methyl sites for hydroxylation is 1. The average molecular weight is 297 g/mol. The lowest BCUT2D eigenvalue weighted by molar-refractivity contribution is 0.454. The summed E-state index contributed by atoms with van der Waals surface area (Å²) >= 11 is 7.55. The first-order chi connectivity index (χ1) is 9.08. The van der Waals surface area contributed by atoms with Gasteiger partial charge in [0.25, 0.3) is 5.22 Å². The highest BCUT2D eigenvalue weighted by atomic mass is 35.5. The highest BCUT2D eigenvalue weighted by Gasteiger charge is 2.11. The van der Waals surface area contributed by atoms with Crippen molar-refractivity contribution in [2.45, 2.75) is 42.8 Å². The van der Waals surface area contributed by atoms with E-state index < -0.39 is 0 Å². The fourth-order valence-electron chi connectivity index (χ4n) is 1.69. The molecule has 2 N–H and O–H groups in total. The number of halogens is 1. The number of hydrogen-bond donors (Lipinski definition) is 1. The Labute approximate surface area is 122 Å². The van der Waals surface area contributed by atoms with Crippen LogP contribution in [0.4, 0.5) is 0 Å². The molecule has 0 bridgehead atoms. The second-order valence-corrected chi connectivity index (χ2v) is 5.91. The number of hydrogen-bond acceptors (Lipinski definition) is 4. The van der Waals surface area contributed by atoms with Crippen molar-refractivity contribution in [1.29, 1.82) is 0 Å². The highest BCUT2D eigenvalue weighted by Crippen LogP contribution is 2.32. The van der Waals surface area contributed by atoms with Gasteiger partial charge in [-0.05, 0) is 49.2 Å². The monoisotopic (exact) mass is 296 g/mol. The number of oxazole rings is 1. The fourth-order valence-corrected chi connectivity index (χ4v) is 2.87. The van der Waals surface area contributed by atoms with Crippen LogP contribution in [-0.4, -0.2) is 11.0 Å². The van der Waals surface area contributed by atoms with Crippen LogP contribution in [0.15, 0.2) is 39.0 Å². The standard InChI is InChI=1S/C14H17ClN2OS/c1-3-12(16)6-10-4-5-11(15)7-13(10)19-14-17-9(2)8-18-14/h4-5,7-8,12H,3,6,16H2,1-2H3.